The van der Waals surface area contributed by atoms with Crippen molar-refractivity contribution in [2.24, 2.45) is 11.7 Å². The number of nitrogens with two attached hydrogens (primary N) is 1. The zero-order chi connectivity index (χ0) is 14.4. The van der Waals surface area contributed by atoms with Crippen molar-refractivity contribution >= 4 is 5.91 Å². The van der Waals surface area contributed by atoms with E-state index in [1.165, 1.54) is 0 Å². The molecule has 0 unspecified atom stereocenters. The first kappa shape index (κ1) is 15.3. The second kappa shape index (κ2) is 6.96. The SMILES string of the molecule is Cc1cc(C(=O)N(C)CC(C)C)ccc1C#CCN. The Morgan fingerprint density at radius 1 is 1.42 bits per heavy atom. The van der Waals surface area contributed by atoms with Crippen LogP contribution < -0.4 is 5.73 Å². The van der Waals surface area contributed by atoms with Gasteiger partial charge in [-0.05, 0) is 36.6 Å². The van der Waals surface area contributed by atoms with Crippen LogP contribution in [0.5, 0.6) is 0 Å². The summed E-state index contributed by atoms with van der Waals surface area (Å²) in [6.45, 7) is 7.25. The molecule has 102 valence electrons. The minimum Gasteiger partial charge on any atom is -0.341 e. The van der Waals surface area contributed by atoms with Crippen LogP contribution in [0.25, 0.3) is 0 Å². The molecule has 0 aliphatic heterocycles. The summed E-state index contributed by atoms with van der Waals surface area (Å²) in [5.74, 6) is 6.34. The molecule has 0 spiro atoms. The minimum absolute atomic E-state index is 0.0511. The molecule has 0 atom stereocenters. The number of benzene rings is 1. The lowest BCUT2D eigenvalue weighted by Crippen LogP contribution is -2.30. The summed E-state index contributed by atoms with van der Waals surface area (Å²) in [7, 11) is 1.83. The predicted octanol–water partition coefficient (Wildman–Crippen LogP) is 2.03. The summed E-state index contributed by atoms with van der Waals surface area (Å²) in [6.07, 6.45) is 0. The number of rotatable bonds is 3. The fraction of sp³-hybridized carbons (Fsp3) is 0.438. The number of carbonyl (C=O) groups excluding carboxylic acids is 1. The van der Waals surface area contributed by atoms with E-state index in [9.17, 15) is 4.79 Å². The third-order valence-corrected chi connectivity index (χ3v) is 2.78. The average molecular weight is 258 g/mol. The van der Waals surface area contributed by atoms with E-state index in [0.29, 0.717) is 18.0 Å². The highest BCUT2D eigenvalue weighted by Crippen LogP contribution is 2.12. The predicted molar refractivity (Wildman–Crippen MR) is 78.9 cm³/mol. The zero-order valence-corrected chi connectivity index (χ0v) is 12.2. The normalized spacial score (nSPS) is 10.0. The number of aryl methyl sites for hydroxylation is 1. The Balaban J connectivity index is 2.91. The maximum Gasteiger partial charge on any atom is 0.253 e. The van der Waals surface area contributed by atoms with Gasteiger partial charge in [0.05, 0.1) is 6.54 Å². The molecule has 0 saturated heterocycles. The highest BCUT2D eigenvalue weighted by molar-refractivity contribution is 5.94. The van der Waals surface area contributed by atoms with E-state index in [4.69, 9.17) is 5.73 Å². The monoisotopic (exact) mass is 258 g/mol. The van der Waals surface area contributed by atoms with Crippen molar-refractivity contribution in [3.8, 4) is 11.8 Å². The Labute approximate surface area is 115 Å². The maximum absolute atomic E-state index is 12.2. The first-order chi connectivity index (χ1) is 8.95. The fourth-order valence-corrected chi connectivity index (χ4v) is 1.93. The molecule has 0 bridgehead atoms. The number of nitrogens with zero attached hydrogens (tertiary/aromatic N) is 1. The molecule has 1 aromatic carbocycles. The largest absolute Gasteiger partial charge is 0.341 e. The Morgan fingerprint density at radius 2 is 2.11 bits per heavy atom. The quantitative estimate of drug-likeness (QED) is 0.843. The van der Waals surface area contributed by atoms with Crippen LogP contribution in [0.3, 0.4) is 0 Å². The Hall–Kier alpha value is -1.79. The molecule has 1 aromatic rings. The van der Waals surface area contributed by atoms with Gasteiger partial charge in [-0.25, -0.2) is 0 Å². The Bertz CT molecular complexity index is 509. The number of hydrogen-bond acceptors (Lipinski definition) is 2. The van der Waals surface area contributed by atoms with Crippen molar-refractivity contribution in [2.45, 2.75) is 20.8 Å². The van der Waals surface area contributed by atoms with Gasteiger partial charge in [0, 0.05) is 24.7 Å². The van der Waals surface area contributed by atoms with Gasteiger partial charge in [0.1, 0.15) is 0 Å². The molecule has 3 nitrogen and oxygen atoms in total. The summed E-state index contributed by atoms with van der Waals surface area (Å²) >= 11 is 0. The molecular weight excluding hydrogens is 236 g/mol. The Kier molecular flexibility index (Phi) is 5.59. The molecule has 1 rings (SSSR count). The molecule has 0 radical (unpaired) electrons. The van der Waals surface area contributed by atoms with Gasteiger partial charge in [0.15, 0.2) is 0 Å². The second-order valence-electron chi connectivity index (χ2n) is 5.12. The van der Waals surface area contributed by atoms with Gasteiger partial charge < -0.3 is 10.6 Å². The van der Waals surface area contributed by atoms with Gasteiger partial charge in [-0.3, -0.25) is 4.79 Å². The van der Waals surface area contributed by atoms with Gasteiger partial charge in [-0.1, -0.05) is 25.7 Å². The third kappa shape index (κ3) is 4.42. The van der Waals surface area contributed by atoms with Gasteiger partial charge in [-0.2, -0.15) is 0 Å². The number of hydrogen-bond donors (Lipinski definition) is 1. The lowest BCUT2D eigenvalue weighted by Gasteiger charge is -2.19. The number of amides is 1. The molecule has 1 amide bonds. The van der Waals surface area contributed by atoms with Crippen LogP contribution in [0.15, 0.2) is 18.2 Å². The molecule has 0 fully saturated rings. The minimum atomic E-state index is 0.0511. The average Bonchev–Trinajstić information content (AvgIpc) is 2.35. The van der Waals surface area contributed by atoms with Crippen LogP contribution in [0.2, 0.25) is 0 Å². The van der Waals surface area contributed by atoms with Crippen LogP contribution in [-0.2, 0) is 0 Å². The first-order valence-electron chi connectivity index (χ1n) is 6.50. The summed E-state index contributed by atoms with van der Waals surface area (Å²) in [6, 6.07) is 5.60. The third-order valence-electron chi connectivity index (χ3n) is 2.78. The van der Waals surface area contributed by atoms with E-state index in [-0.39, 0.29) is 5.91 Å². The van der Waals surface area contributed by atoms with Gasteiger partial charge in [-0.15, -0.1) is 0 Å². The fourth-order valence-electron chi connectivity index (χ4n) is 1.93. The molecule has 19 heavy (non-hydrogen) atoms. The van der Waals surface area contributed by atoms with Gasteiger partial charge in [0.2, 0.25) is 0 Å². The van der Waals surface area contributed by atoms with Gasteiger partial charge in [0.25, 0.3) is 5.91 Å². The lowest BCUT2D eigenvalue weighted by atomic mass is 10.0. The van der Waals surface area contributed by atoms with E-state index < -0.39 is 0 Å². The molecule has 0 aliphatic carbocycles. The van der Waals surface area contributed by atoms with Crippen LogP contribution in [0.4, 0.5) is 0 Å². The second-order valence-corrected chi connectivity index (χ2v) is 5.12. The smallest absolute Gasteiger partial charge is 0.253 e. The van der Waals surface area contributed by atoms with Crippen molar-refractivity contribution in [1.29, 1.82) is 0 Å². The van der Waals surface area contributed by atoms with Crippen molar-refractivity contribution in [1.82, 2.24) is 4.90 Å². The maximum atomic E-state index is 12.2. The van der Waals surface area contributed by atoms with Crippen LogP contribution in [0, 0.1) is 24.7 Å². The van der Waals surface area contributed by atoms with Crippen molar-refractivity contribution in [3.63, 3.8) is 0 Å². The summed E-state index contributed by atoms with van der Waals surface area (Å²) in [5.41, 5.74) is 7.99. The molecule has 0 heterocycles. The molecule has 3 heteroatoms. The molecule has 0 aromatic heterocycles. The standard InChI is InChI=1S/C16H22N2O/c1-12(2)11-18(4)16(19)15-8-7-14(6-5-9-17)13(3)10-15/h7-8,10,12H,9,11,17H2,1-4H3. The summed E-state index contributed by atoms with van der Waals surface area (Å²) < 4.78 is 0. The van der Waals surface area contributed by atoms with E-state index in [1.807, 2.05) is 32.2 Å². The molecular formula is C16H22N2O. The van der Waals surface area contributed by atoms with Crippen molar-refractivity contribution < 1.29 is 4.79 Å². The van der Waals surface area contributed by atoms with Crippen molar-refractivity contribution in [2.75, 3.05) is 20.1 Å². The highest BCUT2D eigenvalue weighted by atomic mass is 16.2. The van der Waals surface area contributed by atoms with Gasteiger partial charge >= 0.3 is 0 Å². The van der Waals surface area contributed by atoms with Crippen molar-refractivity contribution in [3.05, 3.63) is 34.9 Å². The first-order valence-corrected chi connectivity index (χ1v) is 6.50. The Morgan fingerprint density at radius 3 is 2.63 bits per heavy atom. The van der Waals surface area contributed by atoms with E-state index >= 15 is 0 Å². The highest BCUT2D eigenvalue weighted by Gasteiger charge is 2.13. The molecule has 0 aliphatic rings. The number of carbonyl (C=O) groups is 1. The molecule has 0 saturated carbocycles. The van der Waals surface area contributed by atoms with E-state index in [2.05, 4.69) is 25.7 Å². The van der Waals surface area contributed by atoms with E-state index in [0.717, 1.165) is 17.7 Å². The topological polar surface area (TPSA) is 46.3 Å². The van der Waals surface area contributed by atoms with E-state index in [1.54, 1.807) is 4.90 Å². The summed E-state index contributed by atoms with van der Waals surface area (Å²) in [5, 5.41) is 0. The lowest BCUT2D eigenvalue weighted by molar-refractivity contribution is 0.0779. The summed E-state index contributed by atoms with van der Waals surface area (Å²) in [4.78, 5) is 14.0. The van der Waals surface area contributed by atoms with Crippen LogP contribution in [-0.4, -0.2) is 30.9 Å². The van der Waals surface area contributed by atoms with Crippen LogP contribution in [0.1, 0.15) is 35.3 Å². The molecule has 2 N–H and O–H groups in total. The van der Waals surface area contributed by atoms with Crippen LogP contribution >= 0.6 is 0 Å². The zero-order valence-electron chi connectivity index (χ0n) is 12.2.